The number of carbonyl (C=O) groups is 1. The van der Waals surface area contributed by atoms with Crippen molar-refractivity contribution >= 4 is 35.1 Å². The first-order chi connectivity index (χ1) is 14.5. The van der Waals surface area contributed by atoms with Gasteiger partial charge in [0, 0.05) is 31.8 Å². The number of halogens is 1. The van der Waals surface area contributed by atoms with E-state index in [0.717, 1.165) is 16.7 Å². The Hall–Kier alpha value is -3.07. The summed E-state index contributed by atoms with van der Waals surface area (Å²) in [7, 11) is 1.24. The van der Waals surface area contributed by atoms with Gasteiger partial charge in [0.15, 0.2) is 0 Å². The average Bonchev–Trinajstić information content (AvgIpc) is 3.09. The molecule has 0 amide bonds. The lowest BCUT2D eigenvalue weighted by molar-refractivity contribution is 0.0596. The Bertz CT molecular complexity index is 1180. The van der Waals surface area contributed by atoms with E-state index in [1.165, 1.54) is 19.2 Å². The molecule has 4 rings (SSSR count). The van der Waals surface area contributed by atoms with E-state index in [0.29, 0.717) is 31.6 Å². The topological polar surface area (TPSA) is 108 Å². The van der Waals surface area contributed by atoms with Crippen molar-refractivity contribution in [2.24, 2.45) is 0 Å². The molecule has 1 atom stereocenters. The van der Waals surface area contributed by atoms with Gasteiger partial charge in [0.1, 0.15) is 11.3 Å². The van der Waals surface area contributed by atoms with Crippen LogP contribution >= 0.6 is 12.4 Å². The number of hydrogen-bond donors (Lipinski definition) is 3. The lowest BCUT2D eigenvalue weighted by atomic mass is 10.0. The third kappa shape index (κ3) is 4.51. The van der Waals surface area contributed by atoms with Gasteiger partial charge in [-0.3, -0.25) is 9.47 Å². The molecule has 3 N–H and O–H groups in total. The van der Waals surface area contributed by atoms with Crippen molar-refractivity contribution in [3.05, 3.63) is 70.2 Å². The Balaban J connectivity index is 0.00000272. The third-order valence-electron chi connectivity index (χ3n) is 5.39. The number of esters is 1. The predicted octanol–water partition coefficient (Wildman–Crippen LogP) is 2.52. The SMILES string of the molecule is COC(=O)c1cc(C(O)CN2CC=C(n3c(=O)[nH]c4ccccc43)CC2)ccc1O.Cl. The smallest absolute Gasteiger partial charge is 0.341 e. The van der Waals surface area contributed by atoms with Crippen LogP contribution in [0.2, 0.25) is 0 Å². The van der Waals surface area contributed by atoms with Gasteiger partial charge in [-0.1, -0.05) is 24.3 Å². The van der Waals surface area contributed by atoms with Crippen LogP contribution in [-0.4, -0.2) is 57.4 Å². The molecule has 0 radical (unpaired) electrons. The van der Waals surface area contributed by atoms with Crippen molar-refractivity contribution < 1.29 is 19.7 Å². The fourth-order valence-electron chi connectivity index (χ4n) is 3.79. The van der Waals surface area contributed by atoms with E-state index in [1.54, 1.807) is 10.6 Å². The minimum atomic E-state index is -0.834. The van der Waals surface area contributed by atoms with Crippen LogP contribution in [0.4, 0.5) is 0 Å². The van der Waals surface area contributed by atoms with Crippen molar-refractivity contribution in [3.63, 3.8) is 0 Å². The van der Waals surface area contributed by atoms with Gasteiger partial charge in [-0.15, -0.1) is 12.4 Å². The number of hydrogen-bond acceptors (Lipinski definition) is 6. The van der Waals surface area contributed by atoms with Crippen LogP contribution in [-0.2, 0) is 4.74 Å². The normalized spacial score (nSPS) is 15.2. The molecule has 0 spiro atoms. The number of ether oxygens (including phenoxy) is 1. The summed E-state index contributed by atoms with van der Waals surface area (Å²) in [6.45, 7) is 1.62. The molecule has 8 nitrogen and oxygen atoms in total. The zero-order valence-corrected chi connectivity index (χ0v) is 17.8. The summed E-state index contributed by atoms with van der Waals surface area (Å²) >= 11 is 0. The Kier molecular flexibility index (Phi) is 6.84. The minimum absolute atomic E-state index is 0. The monoisotopic (exact) mass is 445 g/mol. The van der Waals surface area contributed by atoms with E-state index in [4.69, 9.17) is 0 Å². The maximum Gasteiger partial charge on any atom is 0.341 e. The maximum absolute atomic E-state index is 12.4. The number of phenolic OH excluding ortho intramolecular Hbond substituents is 1. The molecule has 0 saturated carbocycles. The molecule has 1 aliphatic heterocycles. The lowest BCUT2D eigenvalue weighted by Gasteiger charge is -2.28. The Labute approximate surface area is 184 Å². The molecular weight excluding hydrogens is 422 g/mol. The molecule has 0 saturated heterocycles. The second kappa shape index (κ2) is 9.38. The summed E-state index contributed by atoms with van der Waals surface area (Å²) in [6.07, 6.45) is 1.83. The fourth-order valence-corrected chi connectivity index (χ4v) is 3.79. The van der Waals surface area contributed by atoms with Gasteiger partial charge in [-0.25, -0.2) is 9.59 Å². The largest absolute Gasteiger partial charge is 0.507 e. The van der Waals surface area contributed by atoms with Crippen LogP contribution in [0.1, 0.15) is 28.4 Å². The van der Waals surface area contributed by atoms with Crippen LogP contribution in [0.15, 0.2) is 53.3 Å². The highest BCUT2D eigenvalue weighted by Gasteiger charge is 2.21. The summed E-state index contributed by atoms with van der Waals surface area (Å²) in [5.41, 5.74) is 2.97. The third-order valence-corrected chi connectivity index (χ3v) is 5.39. The predicted molar refractivity (Wildman–Crippen MR) is 120 cm³/mol. The van der Waals surface area contributed by atoms with Crippen LogP contribution in [0.5, 0.6) is 5.75 Å². The van der Waals surface area contributed by atoms with Crippen molar-refractivity contribution in [2.75, 3.05) is 26.7 Å². The number of phenols is 1. The van der Waals surface area contributed by atoms with E-state index >= 15 is 0 Å². The number of H-pyrrole nitrogens is 1. The number of β-amino-alcohol motifs (C(OH)–C–C–N with tert-alkyl or cyclic N) is 1. The van der Waals surface area contributed by atoms with Crippen LogP contribution < -0.4 is 5.69 Å². The van der Waals surface area contributed by atoms with Crippen LogP contribution in [0.25, 0.3) is 16.7 Å². The fraction of sp³-hybridized carbons (Fsp3) is 0.273. The number of aromatic amines is 1. The van der Waals surface area contributed by atoms with Crippen molar-refractivity contribution in [2.45, 2.75) is 12.5 Å². The summed E-state index contributed by atoms with van der Waals surface area (Å²) < 4.78 is 6.36. The van der Waals surface area contributed by atoms with Gasteiger partial charge in [0.25, 0.3) is 0 Å². The Morgan fingerprint density at radius 2 is 2.03 bits per heavy atom. The maximum atomic E-state index is 12.4. The number of methoxy groups -OCH3 is 1. The number of aliphatic hydroxyl groups excluding tert-OH is 1. The number of imidazole rings is 1. The highest BCUT2D eigenvalue weighted by molar-refractivity contribution is 5.92. The van der Waals surface area contributed by atoms with Gasteiger partial charge in [-0.05, 0) is 29.8 Å². The van der Waals surface area contributed by atoms with Gasteiger partial charge in [0.05, 0.1) is 24.2 Å². The molecule has 2 heterocycles. The zero-order valence-electron chi connectivity index (χ0n) is 16.9. The number of carbonyl (C=O) groups excluding carboxylic acids is 1. The number of nitrogens with one attached hydrogen (secondary N) is 1. The van der Waals surface area contributed by atoms with E-state index in [9.17, 15) is 19.8 Å². The number of benzene rings is 2. The molecule has 9 heteroatoms. The summed E-state index contributed by atoms with van der Waals surface area (Å²) in [4.78, 5) is 29.1. The quantitative estimate of drug-likeness (QED) is 0.521. The molecule has 164 valence electrons. The molecule has 2 aromatic carbocycles. The van der Waals surface area contributed by atoms with Crippen LogP contribution in [0.3, 0.4) is 0 Å². The molecule has 1 aliphatic rings. The number of para-hydroxylation sites is 2. The average molecular weight is 446 g/mol. The highest BCUT2D eigenvalue weighted by atomic mass is 35.5. The first-order valence-corrected chi connectivity index (χ1v) is 9.68. The first-order valence-electron chi connectivity index (χ1n) is 9.68. The molecule has 0 bridgehead atoms. The molecule has 0 fully saturated rings. The first kappa shape index (κ1) is 22.6. The minimum Gasteiger partial charge on any atom is -0.507 e. The second-order valence-electron chi connectivity index (χ2n) is 7.27. The summed E-state index contributed by atoms with van der Waals surface area (Å²) in [5.74, 6) is -0.844. The molecule has 3 aromatic rings. The highest BCUT2D eigenvalue weighted by Crippen LogP contribution is 2.25. The van der Waals surface area contributed by atoms with Crippen molar-refractivity contribution in [1.82, 2.24) is 14.5 Å². The van der Waals surface area contributed by atoms with Crippen LogP contribution in [0, 0.1) is 0 Å². The van der Waals surface area contributed by atoms with Gasteiger partial charge < -0.3 is 19.9 Å². The standard InChI is InChI=1S/C22H23N3O5.ClH/c1-30-21(28)16-12-14(6-7-19(16)26)20(27)13-24-10-8-15(9-11-24)25-18-5-3-2-4-17(18)23-22(25)29;/h2-8,12,20,26-27H,9-11,13H2,1H3,(H,23,29);1H. The van der Waals surface area contributed by atoms with E-state index < -0.39 is 12.1 Å². The summed E-state index contributed by atoms with van der Waals surface area (Å²) in [6, 6.07) is 12.0. The van der Waals surface area contributed by atoms with E-state index in [2.05, 4.69) is 14.6 Å². The molecular formula is C22H24ClN3O5. The molecule has 31 heavy (non-hydrogen) atoms. The molecule has 1 unspecified atom stereocenters. The number of rotatable bonds is 5. The van der Waals surface area contributed by atoms with Crippen molar-refractivity contribution in [1.29, 1.82) is 0 Å². The van der Waals surface area contributed by atoms with Crippen molar-refractivity contribution in [3.8, 4) is 5.75 Å². The van der Waals surface area contributed by atoms with Gasteiger partial charge in [-0.2, -0.15) is 0 Å². The van der Waals surface area contributed by atoms with Gasteiger partial charge >= 0.3 is 11.7 Å². The molecule has 0 aliphatic carbocycles. The summed E-state index contributed by atoms with van der Waals surface area (Å²) in [5, 5.41) is 20.4. The zero-order chi connectivity index (χ0) is 21.3. The van der Waals surface area contributed by atoms with E-state index in [1.807, 2.05) is 30.3 Å². The number of nitrogens with zero attached hydrogens (tertiary/aromatic N) is 2. The number of aromatic hydroxyl groups is 1. The molecule has 1 aromatic heterocycles. The van der Waals surface area contributed by atoms with Gasteiger partial charge in [0.2, 0.25) is 0 Å². The second-order valence-corrected chi connectivity index (χ2v) is 7.27. The van der Waals surface area contributed by atoms with E-state index in [-0.39, 0.29) is 29.4 Å². The number of aromatic nitrogens is 2. The number of aliphatic hydroxyl groups is 1. The lowest BCUT2D eigenvalue weighted by Crippen LogP contribution is -2.34. The number of fused-ring (bicyclic) bond motifs is 1. The Morgan fingerprint density at radius 3 is 2.74 bits per heavy atom. The Morgan fingerprint density at radius 1 is 1.26 bits per heavy atom.